The molecule has 0 spiro atoms. The lowest BCUT2D eigenvalue weighted by Gasteiger charge is -2.16. The van der Waals surface area contributed by atoms with E-state index in [0.29, 0.717) is 12.0 Å². The molecule has 0 radical (unpaired) electrons. The monoisotopic (exact) mass is 230 g/mol. The van der Waals surface area contributed by atoms with Crippen molar-refractivity contribution < 1.29 is 4.39 Å². The summed E-state index contributed by atoms with van der Waals surface area (Å²) in [6.45, 7) is 0.827. The summed E-state index contributed by atoms with van der Waals surface area (Å²) in [5.74, 6) is -0.398. The van der Waals surface area contributed by atoms with E-state index in [0.717, 1.165) is 6.54 Å². The lowest BCUT2D eigenvalue weighted by Crippen LogP contribution is -2.20. The summed E-state index contributed by atoms with van der Waals surface area (Å²) in [5.41, 5.74) is 6.38. The van der Waals surface area contributed by atoms with Gasteiger partial charge in [0.25, 0.3) is 0 Å². The van der Waals surface area contributed by atoms with E-state index < -0.39 is 5.82 Å². The molecule has 0 fully saturated rings. The van der Waals surface area contributed by atoms with Crippen molar-refractivity contribution in [3.8, 4) is 0 Å². The Bertz CT molecular complexity index is 328. The Morgan fingerprint density at radius 3 is 2.73 bits per heavy atom. The van der Waals surface area contributed by atoms with Crippen LogP contribution >= 0.6 is 11.6 Å². The van der Waals surface area contributed by atoms with Gasteiger partial charge in [-0.2, -0.15) is 0 Å². The molecule has 1 rings (SSSR count). The highest BCUT2D eigenvalue weighted by Crippen LogP contribution is 2.23. The first kappa shape index (κ1) is 12.4. The van der Waals surface area contributed by atoms with Crippen molar-refractivity contribution in [3.63, 3.8) is 0 Å². The summed E-state index contributed by atoms with van der Waals surface area (Å²) >= 11 is 5.68. The fourth-order valence-electron chi connectivity index (χ4n) is 1.36. The number of nitrogens with two attached hydrogens (primary N) is 1. The molecule has 4 heteroatoms. The van der Waals surface area contributed by atoms with Gasteiger partial charge in [0, 0.05) is 11.6 Å². The minimum absolute atomic E-state index is 0.132. The molecule has 0 aliphatic rings. The summed E-state index contributed by atoms with van der Waals surface area (Å²) < 4.78 is 13.6. The number of benzene rings is 1. The predicted octanol–water partition coefficient (Wildman–Crippen LogP) is 2.43. The van der Waals surface area contributed by atoms with E-state index in [-0.39, 0.29) is 11.1 Å². The molecule has 1 aromatic rings. The third-order valence-electron chi connectivity index (χ3n) is 2.27. The molecule has 1 atom stereocenters. The number of hydrogen-bond acceptors (Lipinski definition) is 2. The van der Waals surface area contributed by atoms with Crippen LogP contribution in [0.4, 0.5) is 4.39 Å². The molecule has 0 bridgehead atoms. The van der Waals surface area contributed by atoms with Gasteiger partial charge in [0.05, 0.1) is 5.02 Å². The van der Waals surface area contributed by atoms with Gasteiger partial charge in [-0.25, -0.2) is 4.39 Å². The Kier molecular flexibility index (Phi) is 4.51. The smallest absolute Gasteiger partial charge is 0.146 e. The van der Waals surface area contributed by atoms with Crippen LogP contribution in [-0.4, -0.2) is 25.5 Å². The minimum atomic E-state index is -0.398. The largest absolute Gasteiger partial charge is 0.324 e. The SMILES string of the molecule is CN(C)CCC(N)c1cccc(Cl)c1F. The molecule has 1 unspecified atom stereocenters. The zero-order valence-electron chi connectivity index (χ0n) is 9.00. The Balaban J connectivity index is 2.73. The molecular formula is C11H16ClFN2. The maximum absolute atomic E-state index is 13.6. The molecule has 0 aliphatic heterocycles. The average molecular weight is 231 g/mol. The summed E-state index contributed by atoms with van der Waals surface area (Å²) in [5, 5.41) is 0.132. The van der Waals surface area contributed by atoms with Crippen LogP contribution in [0.3, 0.4) is 0 Å². The van der Waals surface area contributed by atoms with Gasteiger partial charge in [-0.1, -0.05) is 23.7 Å². The van der Waals surface area contributed by atoms with E-state index >= 15 is 0 Å². The van der Waals surface area contributed by atoms with Gasteiger partial charge < -0.3 is 10.6 Å². The van der Waals surface area contributed by atoms with Crippen molar-refractivity contribution >= 4 is 11.6 Å². The molecule has 0 aromatic heterocycles. The zero-order valence-corrected chi connectivity index (χ0v) is 9.76. The number of halogens is 2. The molecule has 0 saturated carbocycles. The van der Waals surface area contributed by atoms with Gasteiger partial charge in [0.1, 0.15) is 5.82 Å². The van der Waals surface area contributed by atoms with E-state index in [1.165, 1.54) is 6.07 Å². The molecule has 0 heterocycles. The van der Waals surface area contributed by atoms with Crippen LogP contribution in [0, 0.1) is 5.82 Å². The van der Waals surface area contributed by atoms with Crippen LogP contribution in [0.25, 0.3) is 0 Å². The van der Waals surface area contributed by atoms with Crippen LogP contribution in [0.2, 0.25) is 5.02 Å². The molecule has 2 nitrogen and oxygen atoms in total. The van der Waals surface area contributed by atoms with E-state index in [4.69, 9.17) is 17.3 Å². The average Bonchev–Trinajstić information content (AvgIpc) is 2.18. The maximum Gasteiger partial charge on any atom is 0.146 e. The highest BCUT2D eigenvalue weighted by atomic mass is 35.5. The molecule has 0 aliphatic carbocycles. The Morgan fingerprint density at radius 2 is 2.13 bits per heavy atom. The van der Waals surface area contributed by atoms with E-state index in [2.05, 4.69) is 0 Å². The molecule has 1 aromatic carbocycles. The number of nitrogens with zero attached hydrogens (tertiary/aromatic N) is 1. The minimum Gasteiger partial charge on any atom is -0.324 e. The first-order valence-electron chi connectivity index (χ1n) is 4.86. The van der Waals surface area contributed by atoms with Crippen LogP contribution in [-0.2, 0) is 0 Å². The second-order valence-corrected chi connectivity index (χ2v) is 4.25. The maximum atomic E-state index is 13.6. The number of hydrogen-bond donors (Lipinski definition) is 1. The Labute approximate surface area is 94.8 Å². The molecular weight excluding hydrogens is 215 g/mol. The fraction of sp³-hybridized carbons (Fsp3) is 0.455. The van der Waals surface area contributed by atoms with Gasteiger partial charge in [-0.15, -0.1) is 0 Å². The highest BCUT2D eigenvalue weighted by Gasteiger charge is 2.13. The van der Waals surface area contributed by atoms with Crippen LogP contribution in [0.15, 0.2) is 18.2 Å². The van der Waals surface area contributed by atoms with Gasteiger partial charge in [-0.05, 0) is 33.1 Å². The normalized spacial score (nSPS) is 13.2. The summed E-state index contributed by atoms with van der Waals surface area (Å²) in [6.07, 6.45) is 0.713. The summed E-state index contributed by atoms with van der Waals surface area (Å²) in [4.78, 5) is 2.02. The summed E-state index contributed by atoms with van der Waals surface area (Å²) in [6, 6.07) is 4.63. The molecule has 2 N–H and O–H groups in total. The molecule has 0 saturated heterocycles. The van der Waals surface area contributed by atoms with Crippen molar-refractivity contribution in [1.82, 2.24) is 4.90 Å². The second kappa shape index (κ2) is 5.45. The zero-order chi connectivity index (χ0) is 11.4. The molecule has 15 heavy (non-hydrogen) atoms. The highest BCUT2D eigenvalue weighted by molar-refractivity contribution is 6.30. The van der Waals surface area contributed by atoms with Crippen molar-refractivity contribution in [2.75, 3.05) is 20.6 Å². The van der Waals surface area contributed by atoms with Gasteiger partial charge in [0.2, 0.25) is 0 Å². The van der Waals surface area contributed by atoms with Gasteiger partial charge in [-0.3, -0.25) is 0 Å². The lowest BCUT2D eigenvalue weighted by molar-refractivity contribution is 0.380. The Hall–Kier alpha value is -0.640. The van der Waals surface area contributed by atoms with Gasteiger partial charge in [0.15, 0.2) is 0 Å². The van der Waals surface area contributed by atoms with Crippen molar-refractivity contribution in [2.24, 2.45) is 5.73 Å². The summed E-state index contributed by atoms with van der Waals surface area (Å²) in [7, 11) is 3.92. The Morgan fingerprint density at radius 1 is 1.47 bits per heavy atom. The fourth-order valence-corrected chi connectivity index (χ4v) is 1.54. The van der Waals surface area contributed by atoms with Crippen molar-refractivity contribution in [2.45, 2.75) is 12.5 Å². The van der Waals surface area contributed by atoms with Crippen LogP contribution < -0.4 is 5.73 Å². The quantitative estimate of drug-likeness (QED) is 0.861. The van der Waals surface area contributed by atoms with Gasteiger partial charge >= 0.3 is 0 Å². The lowest BCUT2D eigenvalue weighted by atomic mass is 10.0. The number of rotatable bonds is 4. The third-order valence-corrected chi connectivity index (χ3v) is 2.56. The molecule has 0 amide bonds. The first-order valence-corrected chi connectivity index (χ1v) is 5.24. The predicted molar refractivity (Wildman–Crippen MR) is 61.5 cm³/mol. The van der Waals surface area contributed by atoms with E-state index in [1.54, 1.807) is 12.1 Å². The topological polar surface area (TPSA) is 29.3 Å². The first-order chi connectivity index (χ1) is 7.02. The standard InChI is InChI=1S/C11H16ClFN2/c1-15(2)7-6-10(14)8-4-3-5-9(12)11(8)13/h3-5,10H,6-7,14H2,1-2H3. The van der Waals surface area contributed by atoms with Crippen molar-refractivity contribution in [1.29, 1.82) is 0 Å². The van der Waals surface area contributed by atoms with E-state index in [1.807, 2.05) is 19.0 Å². The molecule has 84 valence electrons. The van der Waals surface area contributed by atoms with E-state index in [9.17, 15) is 4.39 Å². The van der Waals surface area contributed by atoms with Crippen molar-refractivity contribution in [3.05, 3.63) is 34.6 Å². The third kappa shape index (κ3) is 3.45. The van der Waals surface area contributed by atoms with Crippen LogP contribution in [0.1, 0.15) is 18.0 Å². The van der Waals surface area contributed by atoms with Crippen LogP contribution in [0.5, 0.6) is 0 Å². The second-order valence-electron chi connectivity index (χ2n) is 3.84.